The summed E-state index contributed by atoms with van der Waals surface area (Å²) in [5.74, 6) is 1.33. The number of carbonyl (C=O) groups excluding carboxylic acids is 3. The number of methoxy groups -OCH3 is 1. The molecule has 0 unspecified atom stereocenters. The molecule has 0 aliphatic carbocycles. The van der Waals surface area contributed by atoms with Gasteiger partial charge >= 0.3 is 0 Å². The number of hydrogen-bond acceptors (Lipinski definition) is 7. The molecule has 4 rings (SSSR count). The summed E-state index contributed by atoms with van der Waals surface area (Å²) in [4.78, 5) is 32.4. The van der Waals surface area contributed by atoms with Crippen molar-refractivity contribution in [2.45, 2.75) is 6.92 Å². The monoisotopic (exact) mass is 536 g/mol. The van der Waals surface area contributed by atoms with Crippen molar-refractivity contribution in [3.8, 4) is 11.5 Å². The zero-order valence-corrected chi connectivity index (χ0v) is 22.4. The summed E-state index contributed by atoms with van der Waals surface area (Å²) in [7, 11) is 1.63. The summed E-state index contributed by atoms with van der Waals surface area (Å²) in [6.45, 7) is 2.34. The fraction of sp³-hybridized carbons (Fsp3) is 0.0606. The quantitative estimate of drug-likeness (QED) is 0.118. The third-order valence-corrected chi connectivity index (χ3v) is 5.25. The second-order valence-electron chi connectivity index (χ2n) is 8.12. The first-order chi connectivity index (χ1) is 19.4. The van der Waals surface area contributed by atoms with E-state index < -0.39 is 0 Å². The molecule has 0 amide bonds. The van der Waals surface area contributed by atoms with Crippen molar-refractivity contribution in [1.29, 1.82) is 0 Å². The first kappa shape index (κ1) is 30.8. The van der Waals surface area contributed by atoms with Crippen LogP contribution in [0.15, 0.2) is 109 Å². The highest BCUT2D eigenvalue weighted by molar-refractivity contribution is 6.09. The molecule has 0 fully saturated rings. The second-order valence-corrected chi connectivity index (χ2v) is 8.12. The van der Waals surface area contributed by atoms with Gasteiger partial charge in [-0.15, -0.1) is 0 Å². The maximum absolute atomic E-state index is 12.3. The topological polar surface area (TPSA) is 122 Å². The largest absolute Gasteiger partial charge is 0.497 e. The average Bonchev–Trinajstić information content (AvgIpc) is 2.99. The van der Waals surface area contributed by atoms with Crippen LogP contribution in [0, 0.1) is 0 Å². The van der Waals surface area contributed by atoms with Gasteiger partial charge in [0.1, 0.15) is 17.8 Å². The summed E-state index contributed by atoms with van der Waals surface area (Å²) in [6, 6.07) is 28.5. The Hall–Kier alpha value is -5.43. The molecule has 7 heteroatoms. The van der Waals surface area contributed by atoms with Gasteiger partial charge < -0.3 is 20.9 Å². The van der Waals surface area contributed by atoms with Crippen LogP contribution in [-0.4, -0.2) is 25.7 Å². The number of nitrogen functional groups attached to an aromatic ring is 2. The maximum Gasteiger partial charge on any atom is 0.298 e. The van der Waals surface area contributed by atoms with Gasteiger partial charge in [0.2, 0.25) is 0 Å². The van der Waals surface area contributed by atoms with Crippen LogP contribution in [-0.2, 0) is 9.59 Å². The van der Waals surface area contributed by atoms with Crippen molar-refractivity contribution >= 4 is 42.1 Å². The molecule has 0 aliphatic rings. The van der Waals surface area contributed by atoms with E-state index in [2.05, 4.69) is 4.74 Å². The molecule has 0 heterocycles. The van der Waals surface area contributed by atoms with Crippen LogP contribution in [0.5, 0.6) is 11.5 Å². The van der Waals surface area contributed by atoms with Crippen LogP contribution in [0.1, 0.15) is 34.0 Å². The lowest BCUT2D eigenvalue weighted by atomic mass is 10.0. The number of nitrogens with two attached hydrogens (primary N) is 2. The van der Waals surface area contributed by atoms with E-state index in [0.29, 0.717) is 29.0 Å². The molecule has 4 aromatic rings. The van der Waals surface area contributed by atoms with Gasteiger partial charge in [0.05, 0.1) is 7.11 Å². The number of anilines is 2. The van der Waals surface area contributed by atoms with Crippen molar-refractivity contribution < 1.29 is 23.9 Å². The fourth-order valence-corrected chi connectivity index (χ4v) is 3.21. The third kappa shape index (κ3) is 10.9. The summed E-state index contributed by atoms with van der Waals surface area (Å²) in [6.07, 6.45) is 7.81. The Kier molecular flexibility index (Phi) is 13.2. The molecule has 4 aromatic carbocycles. The minimum atomic E-state index is -0.00653. The van der Waals surface area contributed by atoms with Crippen molar-refractivity contribution in [2.24, 2.45) is 0 Å². The molecule has 0 spiro atoms. The maximum atomic E-state index is 12.3. The van der Waals surface area contributed by atoms with E-state index >= 15 is 0 Å². The lowest BCUT2D eigenvalue weighted by Crippen LogP contribution is -2.00. The molecule has 0 aliphatic heterocycles. The Bertz CT molecular complexity index is 1390. The highest BCUT2D eigenvalue weighted by Crippen LogP contribution is 2.14. The standard InChI is InChI=1S/C19H16O2.C7H7NO2.C7H9NO/c1-2-4-15-6-10-17(11-7-15)19(21)18-12-8-16(9-13-18)5-3-14-20;8-6-1-3-7(4-2-6)10-5-9;1-9-7-4-2-6(8)3-5-7/h2-14H,1H3;1-5H,8H2;2-5H,8H2,1H3/b4-2+,5-3+;;. The van der Waals surface area contributed by atoms with E-state index in [4.69, 9.17) is 16.2 Å². The Labute approximate surface area is 234 Å². The van der Waals surface area contributed by atoms with E-state index in [0.717, 1.165) is 28.8 Å². The molecular weight excluding hydrogens is 504 g/mol. The van der Waals surface area contributed by atoms with Crippen molar-refractivity contribution in [2.75, 3.05) is 18.6 Å². The second kappa shape index (κ2) is 17.1. The van der Waals surface area contributed by atoms with E-state index in [-0.39, 0.29) is 5.78 Å². The Morgan fingerprint density at radius 2 is 1.10 bits per heavy atom. The summed E-state index contributed by atoms with van der Waals surface area (Å²) in [5, 5.41) is 0. The van der Waals surface area contributed by atoms with Crippen LogP contribution < -0.4 is 20.9 Å². The average molecular weight is 537 g/mol. The third-order valence-electron chi connectivity index (χ3n) is 5.25. The number of ether oxygens (including phenoxy) is 2. The van der Waals surface area contributed by atoms with Crippen LogP contribution >= 0.6 is 0 Å². The minimum Gasteiger partial charge on any atom is -0.497 e. The van der Waals surface area contributed by atoms with E-state index in [1.807, 2.05) is 67.6 Å². The molecule has 0 bridgehead atoms. The highest BCUT2D eigenvalue weighted by atomic mass is 16.5. The van der Waals surface area contributed by atoms with Crippen LogP contribution in [0.25, 0.3) is 12.2 Å². The smallest absolute Gasteiger partial charge is 0.298 e. The summed E-state index contributed by atoms with van der Waals surface area (Å²) < 4.78 is 9.44. The molecule has 0 aromatic heterocycles. The van der Waals surface area contributed by atoms with E-state index in [1.54, 1.807) is 61.7 Å². The predicted molar refractivity (Wildman–Crippen MR) is 161 cm³/mol. The van der Waals surface area contributed by atoms with Gasteiger partial charge in [-0.1, -0.05) is 66.8 Å². The Morgan fingerprint density at radius 1 is 0.650 bits per heavy atom. The number of benzene rings is 4. The van der Waals surface area contributed by atoms with Crippen molar-refractivity contribution in [3.05, 3.63) is 131 Å². The summed E-state index contributed by atoms with van der Waals surface area (Å²) >= 11 is 0. The van der Waals surface area contributed by atoms with E-state index in [1.165, 1.54) is 6.08 Å². The minimum absolute atomic E-state index is 0.00653. The molecule has 0 saturated carbocycles. The summed E-state index contributed by atoms with van der Waals surface area (Å²) in [5.41, 5.74) is 15.5. The van der Waals surface area contributed by atoms with Gasteiger partial charge in [-0.2, -0.15) is 0 Å². The van der Waals surface area contributed by atoms with Crippen molar-refractivity contribution in [3.63, 3.8) is 0 Å². The van der Waals surface area contributed by atoms with Gasteiger partial charge in [-0.3, -0.25) is 14.4 Å². The van der Waals surface area contributed by atoms with Crippen molar-refractivity contribution in [1.82, 2.24) is 0 Å². The molecular formula is C33H32N2O5. The molecule has 0 radical (unpaired) electrons. The van der Waals surface area contributed by atoms with E-state index in [9.17, 15) is 14.4 Å². The van der Waals surface area contributed by atoms with Crippen LogP contribution in [0.2, 0.25) is 0 Å². The van der Waals surface area contributed by atoms with Gasteiger partial charge in [-0.25, -0.2) is 0 Å². The van der Waals surface area contributed by atoms with Gasteiger partial charge in [0.15, 0.2) is 5.78 Å². The lowest BCUT2D eigenvalue weighted by Gasteiger charge is -2.03. The molecule has 204 valence electrons. The van der Waals surface area contributed by atoms with Gasteiger partial charge in [0.25, 0.3) is 6.47 Å². The molecule has 40 heavy (non-hydrogen) atoms. The first-order valence-corrected chi connectivity index (χ1v) is 12.2. The Balaban J connectivity index is 0.000000243. The number of rotatable bonds is 8. The number of ketones is 1. The van der Waals surface area contributed by atoms with Gasteiger partial charge in [0, 0.05) is 22.5 Å². The number of carbonyl (C=O) groups is 3. The Morgan fingerprint density at radius 3 is 1.50 bits per heavy atom. The molecule has 4 N–H and O–H groups in total. The molecule has 7 nitrogen and oxygen atoms in total. The van der Waals surface area contributed by atoms with Crippen LogP contribution in [0.3, 0.4) is 0 Å². The highest BCUT2D eigenvalue weighted by Gasteiger charge is 2.08. The normalized spacial score (nSPS) is 10.1. The van der Waals surface area contributed by atoms with Gasteiger partial charge in [-0.05, 0) is 72.7 Å². The van der Waals surface area contributed by atoms with Crippen LogP contribution in [0.4, 0.5) is 11.4 Å². The zero-order chi connectivity index (χ0) is 29.2. The number of aldehydes is 1. The zero-order valence-electron chi connectivity index (χ0n) is 22.4. The molecule has 0 atom stereocenters. The number of hydrogen-bond donors (Lipinski definition) is 2. The fourth-order valence-electron chi connectivity index (χ4n) is 3.21. The number of allylic oxidation sites excluding steroid dienone is 2. The first-order valence-electron chi connectivity index (χ1n) is 12.2. The molecule has 0 saturated heterocycles. The lowest BCUT2D eigenvalue weighted by molar-refractivity contribution is -0.120. The SMILES string of the molecule is C/C=C/c1ccc(C(=O)c2ccc(/C=C/C=O)cc2)cc1.COc1ccc(N)cc1.Nc1ccc(OC=O)cc1. The predicted octanol–water partition coefficient (Wildman–Crippen LogP) is 6.24.